The average molecular weight is 647 g/mol. The van der Waals surface area contributed by atoms with Gasteiger partial charge < -0.3 is 28.8 Å². The van der Waals surface area contributed by atoms with Crippen molar-refractivity contribution in [3.63, 3.8) is 0 Å². The minimum atomic E-state index is -4.57. The Bertz CT molecular complexity index is 743. The van der Waals surface area contributed by atoms with E-state index in [-0.39, 0.29) is 19.1 Å². The summed E-state index contributed by atoms with van der Waals surface area (Å²) in [5, 5.41) is 13.6. The highest BCUT2D eigenvalue weighted by molar-refractivity contribution is 7.45. The van der Waals surface area contributed by atoms with Crippen molar-refractivity contribution in [2.75, 3.05) is 40.9 Å². The normalized spacial score (nSPS) is 15.0. The first-order valence-electron chi connectivity index (χ1n) is 18.1. The number of nitrogens with zero attached hydrogens (tertiary/aromatic N) is 1. The van der Waals surface area contributed by atoms with E-state index in [4.69, 9.17) is 9.05 Å². The molecule has 0 fully saturated rings. The molecule has 0 radical (unpaired) electrons. The second-order valence-corrected chi connectivity index (χ2v) is 15.0. The van der Waals surface area contributed by atoms with Crippen LogP contribution in [0.5, 0.6) is 0 Å². The highest BCUT2D eigenvalue weighted by Gasteiger charge is 2.23. The van der Waals surface area contributed by atoms with Gasteiger partial charge in [0.1, 0.15) is 13.2 Å². The van der Waals surface area contributed by atoms with Crippen molar-refractivity contribution in [1.29, 1.82) is 0 Å². The quantitative estimate of drug-likeness (QED) is 0.0330. The summed E-state index contributed by atoms with van der Waals surface area (Å²) < 4.78 is 23.0. The molecule has 0 spiro atoms. The first-order chi connectivity index (χ1) is 21.0. The van der Waals surface area contributed by atoms with Gasteiger partial charge in [-0.3, -0.25) is 9.36 Å². The molecule has 0 aromatic heterocycles. The van der Waals surface area contributed by atoms with Gasteiger partial charge in [-0.1, -0.05) is 142 Å². The number of aliphatic hydroxyl groups is 1. The third-order valence-electron chi connectivity index (χ3n) is 8.00. The summed E-state index contributed by atoms with van der Waals surface area (Å²) >= 11 is 0. The predicted molar refractivity (Wildman–Crippen MR) is 182 cm³/mol. The standard InChI is InChI=1S/C35H71N2O6P/c1-6-8-10-12-14-16-17-18-19-21-22-24-26-28-34(38)33(32-43-44(40,41)42-31-30-37(3,4)5)36-35(39)29-27-25-23-20-15-13-11-9-7-2/h26,28,33-34,38H,6-25,27,29-32H2,1-5H3,(H-,36,39,40,41)/t33-,34+/m0/s1. The van der Waals surface area contributed by atoms with E-state index in [0.717, 1.165) is 38.5 Å². The van der Waals surface area contributed by atoms with E-state index in [1.54, 1.807) is 6.08 Å². The first-order valence-corrected chi connectivity index (χ1v) is 19.5. The van der Waals surface area contributed by atoms with Crippen LogP contribution in [0.2, 0.25) is 0 Å². The summed E-state index contributed by atoms with van der Waals surface area (Å²) in [6, 6.07) is -0.876. The number of rotatable bonds is 32. The molecule has 0 heterocycles. The van der Waals surface area contributed by atoms with Crippen LogP contribution < -0.4 is 10.2 Å². The molecule has 0 aromatic rings. The fourth-order valence-corrected chi connectivity index (χ4v) is 5.76. The number of allylic oxidation sites excluding steroid dienone is 1. The lowest BCUT2D eigenvalue weighted by molar-refractivity contribution is -0.870. The molecule has 9 heteroatoms. The number of quaternary nitrogens is 1. The third kappa shape index (κ3) is 29.9. The van der Waals surface area contributed by atoms with E-state index in [9.17, 15) is 19.4 Å². The topological polar surface area (TPSA) is 108 Å². The van der Waals surface area contributed by atoms with E-state index >= 15 is 0 Å². The van der Waals surface area contributed by atoms with Crippen molar-refractivity contribution in [3.05, 3.63) is 12.2 Å². The molecule has 44 heavy (non-hydrogen) atoms. The average Bonchev–Trinajstić information content (AvgIpc) is 2.95. The SMILES string of the molecule is CCCCCCCCCCCCCC=C[C@@H](O)[C@H](COP(=O)([O-])OCC[N+](C)(C)C)NC(=O)CCCCCCCCCCC. The van der Waals surface area contributed by atoms with E-state index in [1.165, 1.54) is 96.3 Å². The van der Waals surface area contributed by atoms with Gasteiger partial charge in [-0.2, -0.15) is 0 Å². The lowest BCUT2D eigenvalue weighted by atomic mass is 10.0. The largest absolute Gasteiger partial charge is 0.756 e. The van der Waals surface area contributed by atoms with Crippen LogP contribution >= 0.6 is 7.82 Å². The summed E-state index contributed by atoms with van der Waals surface area (Å²) in [4.78, 5) is 25.0. The van der Waals surface area contributed by atoms with Gasteiger partial charge >= 0.3 is 0 Å². The van der Waals surface area contributed by atoms with Gasteiger partial charge in [0.25, 0.3) is 7.82 Å². The van der Waals surface area contributed by atoms with Crippen molar-refractivity contribution >= 4 is 13.7 Å². The molecule has 0 saturated heterocycles. The maximum absolute atomic E-state index is 12.7. The summed E-state index contributed by atoms with van der Waals surface area (Å²) in [6.45, 7) is 4.59. The molecule has 0 saturated carbocycles. The van der Waals surface area contributed by atoms with Crippen molar-refractivity contribution in [2.45, 2.75) is 167 Å². The van der Waals surface area contributed by atoms with Crippen LogP contribution in [0.15, 0.2) is 12.2 Å². The summed E-state index contributed by atoms with van der Waals surface area (Å²) in [5.41, 5.74) is 0. The maximum Gasteiger partial charge on any atom is 0.268 e. The van der Waals surface area contributed by atoms with Crippen LogP contribution in [-0.2, 0) is 18.4 Å². The Hall–Kier alpha value is -0.760. The summed E-state index contributed by atoms with van der Waals surface area (Å²) in [5.74, 6) is -0.203. The van der Waals surface area contributed by atoms with Gasteiger partial charge in [0.2, 0.25) is 5.91 Å². The van der Waals surface area contributed by atoms with Crippen LogP contribution in [0, 0.1) is 0 Å². The number of unbranched alkanes of at least 4 members (excludes halogenated alkanes) is 19. The molecule has 0 bridgehead atoms. The van der Waals surface area contributed by atoms with Gasteiger partial charge in [0.05, 0.1) is 39.9 Å². The Morgan fingerprint density at radius 1 is 0.773 bits per heavy atom. The molecule has 1 amide bonds. The van der Waals surface area contributed by atoms with E-state index in [1.807, 2.05) is 27.2 Å². The number of carbonyl (C=O) groups is 1. The zero-order valence-electron chi connectivity index (χ0n) is 29.4. The second kappa shape index (κ2) is 28.5. The zero-order chi connectivity index (χ0) is 32.9. The molecular formula is C35H71N2O6P. The molecule has 8 nitrogen and oxygen atoms in total. The van der Waals surface area contributed by atoms with Gasteiger partial charge in [-0.05, 0) is 19.3 Å². The molecule has 262 valence electrons. The van der Waals surface area contributed by atoms with Crippen molar-refractivity contribution in [3.8, 4) is 0 Å². The van der Waals surface area contributed by atoms with Gasteiger partial charge in [-0.25, -0.2) is 0 Å². The minimum Gasteiger partial charge on any atom is -0.756 e. The molecule has 3 atom stereocenters. The molecular weight excluding hydrogens is 575 g/mol. The molecule has 0 aromatic carbocycles. The van der Waals surface area contributed by atoms with E-state index in [0.29, 0.717) is 17.4 Å². The second-order valence-electron chi connectivity index (χ2n) is 13.6. The van der Waals surface area contributed by atoms with Gasteiger partial charge in [0.15, 0.2) is 0 Å². The lowest BCUT2D eigenvalue weighted by Crippen LogP contribution is -2.45. The van der Waals surface area contributed by atoms with Crippen LogP contribution in [0.3, 0.4) is 0 Å². The fourth-order valence-electron chi connectivity index (χ4n) is 5.03. The van der Waals surface area contributed by atoms with Crippen molar-refractivity contribution in [2.24, 2.45) is 0 Å². The van der Waals surface area contributed by atoms with Crippen molar-refractivity contribution in [1.82, 2.24) is 5.32 Å². The first kappa shape index (κ1) is 43.2. The highest BCUT2D eigenvalue weighted by Crippen LogP contribution is 2.38. The number of carbonyl (C=O) groups excluding carboxylic acids is 1. The van der Waals surface area contributed by atoms with E-state index < -0.39 is 20.0 Å². The maximum atomic E-state index is 12.7. The third-order valence-corrected chi connectivity index (χ3v) is 8.96. The number of aliphatic hydroxyl groups excluding tert-OH is 1. The summed E-state index contributed by atoms with van der Waals surface area (Å²) in [7, 11) is 1.26. The Morgan fingerprint density at radius 2 is 1.23 bits per heavy atom. The number of nitrogens with one attached hydrogen (secondary N) is 1. The van der Waals surface area contributed by atoms with E-state index in [2.05, 4.69) is 19.2 Å². The van der Waals surface area contributed by atoms with Gasteiger partial charge in [-0.15, -0.1) is 0 Å². The number of phosphoric ester groups is 1. The molecule has 2 N–H and O–H groups in total. The monoisotopic (exact) mass is 647 g/mol. The Morgan fingerprint density at radius 3 is 1.70 bits per heavy atom. The Balaban J connectivity index is 4.57. The van der Waals surface area contributed by atoms with Crippen LogP contribution in [0.1, 0.15) is 155 Å². The predicted octanol–water partition coefficient (Wildman–Crippen LogP) is 8.22. The Kier molecular flexibility index (Phi) is 28.0. The van der Waals surface area contributed by atoms with Crippen LogP contribution in [0.25, 0.3) is 0 Å². The number of hydrogen-bond acceptors (Lipinski definition) is 6. The summed E-state index contributed by atoms with van der Waals surface area (Å²) in [6.07, 6.45) is 28.2. The number of hydrogen-bond donors (Lipinski definition) is 2. The zero-order valence-corrected chi connectivity index (χ0v) is 30.3. The minimum absolute atomic E-state index is 0.00131. The number of phosphoric acid groups is 1. The molecule has 0 rings (SSSR count). The van der Waals surface area contributed by atoms with Crippen LogP contribution in [-0.4, -0.2) is 68.5 Å². The smallest absolute Gasteiger partial charge is 0.268 e. The van der Waals surface area contributed by atoms with Crippen molar-refractivity contribution < 1.29 is 32.9 Å². The van der Waals surface area contributed by atoms with Crippen LogP contribution in [0.4, 0.5) is 0 Å². The lowest BCUT2D eigenvalue weighted by Gasteiger charge is -2.29. The number of likely N-dealkylation sites (N-methyl/N-ethyl adjacent to an activating group) is 1. The fraction of sp³-hybridized carbons (Fsp3) is 0.914. The Labute approximate surface area is 272 Å². The molecule has 0 aliphatic heterocycles. The molecule has 1 unspecified atom stereocenters. The molecule has 0 aliphatic rings. The highest BCUT2D eigenvalue weighted by atomic mass is 31.2. The number of amides is 1. The molecule has 0 aliphatic carbocycles. The van der Waals surface area contributed by atoms with Gasteiger partial charge in [0, 0.05) is 6.42 Å².